The van der Waals surface area contributed by atoms with Crippen molar-refractivity contribution in [2.24, 2.45) is 0 Å². The highest BCUT2D eigenvalue weighted by Crippen LogP contribution is 2.18. The highest BCUT2D eigenvalue weighted by molar-refractivity contribution is 5.78. The fourth-order valence-electron chi connectivity index (χ4n) is 2.80. The number of nitrogens with one attached hydrogen (secondary N) is 2. The number of nitrogens with zero attached hydrogens (tertiary/aromatic N) is 3. The normalized spacial score (nSPS) is 26.2. The van der Waals surface area contributed by atoms with Crippen LogP contribution in [0.25, 0.3) is 0 Å². The van der Waals surface area contributed by atoms with Gasteiger partial charge in [0.2, 0.25) is 5.91 Å². The summed E-state index contributed by atoms with van der Waals surface area (Å²) < 4.78 is 11.2. The molecule has 0 bridgehead atoms. The molecule has 2 aliphatic heterocycles. The molecule has 1 aromatic heterocycles. The summed E-state index contributed by atoms with van der Waals surface area (Å²) in [4.78, 5) is 18.4. The fourth-order valence-corrected chi connectivity index (χ4v) is 2.80. The average molecular weight is 309 g/mol. The van der Waals surface area contributed by atoms with E-state index < -0.39 is 0 Å². The molecular formula is C14H23N5O3. The number of aromatic amines is 1. The molecule has 8 nitrogen and oxygen atoms in total. The van der Waals surface area contributed by atoms with Crippen LogP contribution in [0.5, 0.6) is 0 Å². The lowest BCUT2D eigenvalue weighted by molar-refractivity contribution is -0.125. The Morgan fingerprint density at radius 1 is 1.45 bits per heavy atom. The molecular weight excluding hydrogens is 286 g/mol. The molecule has 2 atom stereocenters. The number of hydrogen-bond donors (Lipinski definition) is 2. The third-order valence-electron chi connectivity index (χ3n) is 3.97. The third-order valence-corrected chi connectivity index (χ3v) is 3.97. The molecule has 0 radical (unpaired) electrons. The van der Waals surface area contributed by atoms with Crippen LogP contribution in [0.1, 0.15) is 30.6 Å². The molecule has 2 saturated heterocycles. The molecule has 22 heavy (non-hydrogen) atoms. The van der Waals surface area contributed by atoms with Crippen molar-refractivity contribution in [3.8, 4) is 0 Å². The Morgan fingerprint density at radius 3 is 3.09 bits per heavy atom. The van der Waals surface area contributed by atoms with Gasteiger partial charge < -0.3 is 14.8 Å². The summed E-state index contributed by atoms with van der Waals surface area (Å²) in [6, 6.07) is 0. The smallest absolute Gasteiger partial charge is 0.234 e. The molecule has 3 rings (SSSR count). The minimum Gasteiger partial charge on any atom is -0.376 e. The summed E-state index contributed by atoms with van der Waals surface area (Å²) >= 11 is 0. The van der Waals surface area contributed by atoms with Crippen LogP contribution >= 0.6 is 0 Å². The van der Waals surface area contributed by atoms with Crippen LogP contribution in [0.4, 0.5) is 0 Å². The number of carbonyl (C=O) groups is 1. The largest absolute Gasteiger partial charge is 0.376 e. The molecule has 0 aliphatic carbocycles. The van der Waals surface area contributed by atoms with Gasteiger partial charge in [-0.1, -0.05) is 0 Å². The van der Waals surface area contributed by atoms with Crippen LogP contribution in [-0.4, -0.2) is 71.5 Å². The molecule has 0 aromatic carbocycles. The fraction of sp³-hybridized carbons (Fsp3) is 0.786. The number of aryl methyl sites for hydroxylation is 1. The van der Waals surface area contributed by atoms with Gasteiger partial charge in [-0.2, -0.15) is 5.10 Å². The molecule has 122 valence electrons. The van der Waals surface area contributed by atoms with Gasteiger partial charge in [-0.05, 0) is 19.8 Å². The molecule has 1 amide bonds. The molecule has 0 unspecified atom stereocenters. The van der Waals surface area contributed by atoms with Gasteiger partial charge in [-0.25, -0.2) is 4.98 Å². The van der Waals surface area contributed by atoms with Gasteiger partial charge in [-0.3, -0.25) is 14.8 Å². The summed E-state index contributed by atoms with van der Waals surface area (Å²) in [5, 5.41) is 9.90. The van der Waals surface area contributed by atoms with Crippen molar-refractivity contribution < 1.29 is 14.3 Å². The summed E-state index contributed by atoms with van der Waals surface area (Å²) in [6.07, 6.45) is 2.12. The molecule has 2 aliphatic rings. The second-order valence-electron chi connectivity index (χ2n) is 5.81. The Hall–Kier alpha value is -1.51. The maximum Gasteiger partial charge on any atom is 0.234 e. The van der Waals surface area contributed by atoms with Crippen molar-refractivity contribution in [2.75, 3.05) is 39.4 Å². The highest BCUT2D eigenvalue weighted by atomic mass is 16.5. The predicted molar refractivity (Wildman–Crippen MR) is 78.2 cm³/mol. The van der Waals surface area contributed by atoms with Crippen LogP contribution in [0.15, 0.2) is 0 Å². The molecule has 3 heterocycles. The highest BCUT2D eigenvalue weighted by Gasteiger charge is 2.26. The Labute approximate surface area is 129 Å². The number of ether oxygens (including phenoxy) is 2. The van der Waals surface area contributed by atoms with Crippen LogP contribution in [-0.2, 0) is 14.3 Å². The van der Waals surface area contributed by atoms with E-state index in [1.807, 2.05) is 6.92 Å². The minimum absolute atomic E-state index is 0.0299. The predicted octanol–water partition coefficient (Wildman–Crippen LogP) is -0.218. The second kappa shape index (κ2) is 7.17. The lowest BCUT2D eigenvalue weighted by Crippen LogP contribution is -2.45. The lowest BCUT2D eigenvalue weighted by Gasteiger charge is -2.31. The summed E-state index contributed by atoms with van der Waals surface area (Å²) in [5.41, 5.74) is 0. The summed E-state index contributed by atoms with van der Waals surface area (Å²) in [7, 11) is 0. The Kier molecular flexibility index (Phi) is 5.01. The Morgan fingerprint density at radius 2 is 2.36 bits per heavy atom. The topological polar surface area (TPSA) is 92.4 Å². The average Bonchev–Trinajstić information content (AvgIpc) is 3.17. The number of rotatable bonds is 5. The first-order valence-corrected chi connectivity index (χ1v) is 7.82. The molecule has 2 fully saturated rings. The van der Waals surface area contributed by atoms with E-state index in [-0.39, 0.29) is 18.1 Å². The lowest BCUT2D eigenvalue weighted by atomic mass is 10.2. The molecule has 0 spiro atoms. The minimum atomic E-state index is -0.176. The van der Waals surface area contributed by atoms with Crippen LogP contribution < -0.4 is 5.32 Å². The van der Waals surface area contributed by atoms with Crippen molar-refractivity contribution in [3.05, 3.63) is 11.6 Å². The quantitative estimate of drug-likeness (QED) is 0.781. The van der Waals surface area contributed by atoms with Gasteiger partial charge in [0.1, 0.15) is 11.9 Å². The van der Waals surface area contributed by atoms with E-state index >= 15 is 0 Å². The van der Waals surface area contributed by atoms with Crippen molar-refractivity contribution in [3.63, 3.8) is 0 Å². The first-order chi connectivity index (χ1) is 10.7. The molecule has 2 N–H and O–H groups in total. The van der Waals surface area contributed by atoms with Gasteiger partial charge in [0.25, 0.3) is 0 Å². The zero-order chi connectivity index (χ0) is 15.4. The van der Waals surface area contributed by atoms with Gasteiger partial charge >= 0.3 is 0 Å². The van der Waals surface area contributed by atoms with Gasteiger partial charge in [0.15, 0.2) is 5.82 Å². The summed E-state index contributed by atoms with van der Waals surface area (Å²) in [5.74, 6) is 1.45. The molecule has 0 saturated carbocycles. The van der Waals surface area contributed by atoms with Crippen LogP contribution in [0, 0.1) is 6.92 Å². The van der Waals surface area contributed by atoms with E-state index in [9.17, 15) is 4.79 Å². The van der Waals surface area contributed by atoms with Crippen molar-refractivity contribution in [1.29, 1.82) is 0 Å². The van der Waals surface area contributed by atoms with Crippen molar-refractivity contribution >= 4 is 5.91 Å². The van der Waals surface area contributed by atoms with E-state index in [0.717, 1.165) is 31.8 Å². The first-order valence-electron chi connectivity index (χ1n) is 7.82. The summed E-state index contributed by atoms with van der Waals surface area (Å²) in [6.45, 7) is 5.59. The maximum absolute atomic E-state index is 12.0. The standard InChI is InChI=1S/C14H23N5O3/c1-10-16-14(18-17-10)12-8-19(4-6-22-12)9-13(20)15-7-11-3-2-5-21-11/h11-12H,2-9H2,1H3,(H,15,20)(H,16,17,18)/t11-,12+/m1/s1. The number of morpholine rings is 1. The Bertz CT molecular complexity index is 500. The van der Waals surface area contributed by atoms with Gasteiger partial charge in [0, 0.05) is 26.2 Å². The van der Waals surface area contributed by atoms with E-state index in [4.69, 9.17) is 9.47 Å². The van der Waals surface area contributed by atoms with E-state index in [1.54, 1.807) is 0 Å². The number of hydrogen-bond acceptors (Lipinski definition) is 6. The monoisotopic (exact) mass is 309 g/mol. The zero-order valence-electron chi connectivity index (χ0n) is 12.9. The number of aromatic nitrogens is 3. The van der Waals surface area contributed by atoms with Gasteiger partial charge in [-0.15, -0.1) is 0 Å². The number of carbonyl (C=O) groups excluding carboxylic acids is 1. The number of amides is 1. The second-order valence-corrected chi connectivity index (χ2v) is 5.81. The third kappa shape index (κ3) is 4.02. The zero-order valence-corrected chi connectivity index (χ0v) is 12.9. The van der Waals surface area contributed by atoms with E-state index in [1.165, 1.54) is 0 Å². The van der Waals surface area contributed by atoms with E-state index in [0.29, 0.717) is 32.1 Å². The Balaban J connectivity index is 1.44. The molecule has 8 heteroatoms. The SMILES string of the molecule is Cc1nc([C@@H]2CN(CC(=O)NC[C@H]3CCCO3)CCO2)n[nH]1. The van der Waals surface area contributed by atoms with Gasteiger partial charge in [0.05, 0.1) is 19.3 Å². The molecule has 1 aromatic rings. The van der Waals surface area contributed by atoms with E-state index in [2.05, 4.69) is 25.4 Å². The van der Waals surface area contributed by atoms with Crippen molar-refractivity contribution in [1.82, 2.24) is 25.4 Å². The number of H-pyrrole nitrogens is 1. The van der Waals surface area contributed by atoms with Crippen LogP contribution in [0.2, 0.25) is 0 Å². The maximum atomic E-state index is 12.0. The first kappa shape index (κ1) is 15.4. The van der Waals surface area contributed by atoms with Crippen molar-refractivity contribution in [2.45, 2.75) is 32.0 Å². The van der Waals surface area contributed by atoms with Crippen LogP contribution in [0.3, 0.4) is 0 Å².